The summed E-state index contributed by atoms with van der Waals surface area (Å²) in [7, 11) is 0. The Morgan fingerprint density at radius 1 is 1.15 bits per heavy atom. The number of aliphatic carboxylic acids is 1. The molecule has 112 valence electrons. The number of alkyl halides is 1. The van der Waals surface area contributed by atoms with E-state index < -0.39 is 18.7 Å². The fourth-order valence-corrected chi connectivity index (χ4v) is 1.92. The summed E-state index contributed by atoms with van der Waals surface area (Å²) in [6, 6.07) is 0. The van der Waals surface area contributed by atoms with Crippen molar-refractivity contribution in [1.29, 1.82) is 0 Å². The van der Waals surface area contributed by atoms with Crippen LogP contribution < -0.4 is 34.7 Å². The van der Waals surface area contributed by atoms with Crippen LogP contribution in [0.3, 0.4) is 0 Å². The maximum atomic E-state index is 13.5. The Labute approximate surface area is 143 Å². The van der Waals surface area contributed by atoms with E-state index in [1.54, 1.807) is 0 Å². The van der Waals surface area contributed by atoms with Crippen molar-refractivity contribution >= 4 is 11.9 Å². The van der Waals surface area contributed by atoms with Crippen LogP contribution in [-0.2, 0) is 9.59 Å². The van der Waals surface area contributed by atoms with Gasteiger partial charge in [0.1, 0.15) is 6.17 Å². The maximum absolute atomic E-state index is 13.5. The zero-order chi connectivity index (χ0) is 14.7. The van der Waals surface area contributed by atoms with Gasteiger partial charge in [-0.1, -0.05) is 33.1 Å². The van der Waals surface area contributed by atoms with Gasteiger partial charge in [0.15, 0.2) is 0 Å². The van der Waals surface area contributed by atoms with Crippen LogP contribution in [-0.4, -0.2) is 36.0 Å². The van der Waals surface area contributed by atoms with Crippen LogP contribution >= 0.6 is 0 Å². The van der Waals surface area contributed by atoms with E-state index in [2.05, 4.69) is 6.92 Å². The zero-order valence-corrected chi connectivity index (χ0v) is 15.0. The molecule has 0 aliphatic rings. The van der Waals surface area contributed by atoms with Crippen molar-refractivity contribution in [2.45, 2.75) is 65.0 Å². The van der Waals surface area contributed by atoms with Crippen molar-refractivity contribution in [2.24, 2.45) is 0 Å². The molecule has 0 aliphatic carbocycles. The first kappa shape index (κ1) is 22.2. The van der Waals surface area contributed by atoms with Gasteiger partial charge in [-0.25, -0.2) is 4.39 Å². The van der Waals surface area contributed by atoms with Crippen LogP contribution in [0.1, 0.15) is 58.8 Å². The molecule has 0 aromatic carbocycles. The van der Waals surface area contributed by atoms with Gasteiger partial charge in [0.2, 0.25) is 5.91 Å². The average Bonchev–Trinajstić information content (AvgIpc) is 2.35. The Bertz CT molecular complexity index is 277. The minimum Gasteiger partial charge on any atom is -0.548 e. The predicted molar refractivity (Wildman–Crippen MR) is 70.2 cm³/mol. The normalized spacial score (nSPS) is 11.6. The predicted octanol–water partition coefficient (Wildman–Crippen LogP) is -1.32. The standard InChI is InChI=1S/C14H26FNO3.Na/c1-3-5-6-7-12(15)8-9-13(17)16(10-4-2)11-14(18)19;/h12H,3-11H2,1-2H3,(H,18,19);/q;+1/p-1. The van der Waals surface area contributed by atoms with E-state index in [1.165, 1.54) is 4.90 Å². The molecule has 0 aliphatic heterocycles. The number of hydrogen-bond acceptors (Lipinski definition) is 3. The molecule has 0 saturated carbocycles. The third-order valence-corrected chi connectivity index (χ3v) is 2.96. The van der Waals surface area contributed by atoms with E-state index in [-0.39, 0.29) is 48.3 Å². The van der Waals surface area contributed by atoms with Crippen LogP contribution in [0.4, 0.5) is 4.39 Å². The van der Waals surface area contributed by atoms with Crippen molar-refractivity contribution in [3.05, 3.63) is 0 Å². The molecule has 1 amide bonds. The molecule has 6 heteroatoms. The first-order valence-electron chi connectivity index (χ1n) is 7.12. The summed E-state index contributed by atoms with van der Waals surface area (Å²) in [5.41, 5.74) is 0. The molecule has 0 aromatic heterocycles. The Balaban J connectivity index is 0. The zero-order valence-electron chi connectivity index (χ0n) is 13.0. The van der Waals surface area contributed by atoms with Crippen molar-refractivity contribution in [1.82, 2.24) is 4.90 Å². The Morgan fingerprint density at radius 3 is 2.30 bits per heavy atom. The minimum atomic E-state index is -1.28. The SMILES string of the molecule is CCCCCC(F)CCC(=O)N(CCC)CC(=O)[O-].[Na+]. The number of halogens is 1. The summed E-state index contributed by atoms with van der Waals surface area (Å²) < 4.78 is 13.5. The van der Waals surface area contributed by atoms with Crippen LogP contribution in [0.2, 0.25) is 0 Å². The maximum Gasteiger partial charge on any atom is 1.00 e. The third-order valence-electron chi connectivity index (χ3n) is 2.96. The summed E-state index contributed by atoms with van der Waals surface area (Å²) in [4.78, 5) is 23.5. The van der Waals surface area contributed by atoms with Crippen molar-refractivity contribution in [2.75, 3.05) is 13.1 Å². The molecule has 0 fully saturated rings. The molecule has 4 nitrogen and oxygen atoms in total. The number of amides is 1. The van der Waals surface area contributed by atoms with E-state index in [9.17, 15) is 19.1 Å². The molecular formula is C14H25FNNaO3. The van der Waals surface area contributed by atoms with E-state index in [1.807, 2.05) is 6.92 Å². The van der Waals surface area contributed by atoms with Gasteiger partial charge in [-0.3, -0.25) is 4.79 Å². The molecule has 0 aromatic rings. The molecule has 0 heterocycles. The summed E-state index contributed by atoms with van der Waals surface area (Å²) in [5.74, 6) is -1.58. The monoisotopic (exact) mass is 297 g/mol. The van der Waals surface area contributed by atoms with Gasteiger partial charge in [-0.2, -0.15) is 0 Å². The number of unbranched alkanes of at least 4 members (excludes halogenated alkanes) is 2. The van der Waals surface area contributed by atoms with E-state index in [0.29, 0.717) is 19.4 Å². The van der Waals surface area contributed by atoms with E-state index in [0.717, 1.165) is 19.3 Å². The fraction of sp³-hybridized carbons (Fsp3) is 0.857. The molecule has 0 rings (SSSR count). The fourth-order valence-electron chi connectivity index (χ4n) is 1.92. The molecular weight excluding hydrogens is 272 g/mol. The van der Waals surface area contributed by atoms with Crippen molar-refractivity contribution in [3.8, 4) is 0 Å². The van der Waals surface area contributed by atoms with Gasteiger partial charge in [-0.15, -0.1) is 0 Å². The molecule has 0 N–H and O–H groups in total. The van der Waals surface area contributed by atoms with Crippen LogP contribution in [0.15, 0.2) is 0 Å². The van der Waals surface area contributed by atoms with Gasteiger partial charge < -0.3 is 14.8 Å². The first-order valence-corrected chi connectivity index (χ1v) is 7.12. The Kier molecular flexibility index (Phi) is 15.3. The third kappa shape index (κ3) is 11.7. The van der Waals surface area contributed by atoms with Crippen LogP contribution in [0.25, 0.3) is 0 Å². The van der Waals surface area contributed by atoms with E-state index in [4.69, 9.17) is 0 Å². The second-order valence-electron chi connectivity index (χ2n) is 4.82. The van der Waals surface area contributed by atoms with Gasteiger partial charge in [0.25, 0.3) is 0 Å². The van der Waals surface area contributed by atoms with E-state index >= 15 is 0 Å². The molecule has 0 spiro atoms. The molecule has 0 saturated heterocycles. The molecule has 0 radical (unpaired) electrons. The first-order chi connectivity index (χ1) is 9.01. The van der Waals surface area contributed by atoms with Crippen molar-refractivity contribution in [3.63, 3.8) is 0 Å². The number of carboxylic acids is 1. The Hall–Kier alpha value is -0.130. The van der Waals surface area contributed by atoms with Crippen LogP contribution in [0, 0.1) is 0 Å². The largest absolute Gasteiger partial charge is 1.00 e. The second kappa shape index (κ2) is 13.8. The number of nitrogens with zero attached hydrogens (tertiary/aromatic N) is 1. The van der Waals surface area contributed by atoms with Gasteiger partial charge >= 0.3 is 29.6 Å². The summed E-state index contributed by atoms with van der Waals surface area (Å²) in [5, 5.41) is 10.5. The van der Waals surface area contributed by atoms with Gasteiger partial charge in [0.05, 0.1) is 12.5 Å². The summed E-state index contributed by atoms with van der Waals surface area (Å²) >= 11 is 0. The van der Waals surface area contributed by atoms with Crippen LogP contribution in [0.5, 0.6) is 0 Å². The molecule has 1 atom stereocenters. The number of rotatable bonds is 11. The van der Waals surface area contributed by atoms with Crippen molar-refractivity contribution < 1.29 is 48.6 Å². The minimum absolute atomic E-state index is 0. The quantitative estimate of drug-likeness (QED) is 0.351. The average molecular weight is 297 g/mol. The molecule has 1 unspecified atom stereocenters. The topological polar surface area (TPSA) is 60.4 Å². The molecule has 0 bridgehead atoms. The van der Waals surface area contributed by atoms with Gasteiger partial charge in [0, 0.05) is 13.0 Å². The van der Waals surface area contributed by atoms with Gasteiger partial charge in [-0.05, 0) is 19.3 Å². The Morgan fingerprint density at radius 2 is 1.80 bits per heavy atom. The number of hydrogen-bond donors (Lipinski definition) is 0. The number of carbonyl (C=O) groups is 2. The smallest absolute Gasteiger partial charge is 0.548 e. The second-order valence-corrected chi connectivity index (χ2v) is 4.82. The summed E-state index contributed by atoms with van der Waals surface area (Å²) in [6.45, 7) is 3.89. The molecule has 20 heavy (non-hydrogen) atoms. The number of carboxylic acid groups (broad SMARTS) is 1. The number of carbonyl (C=O) groups excluding carboxylic acids is 2. The summed E-state index contributed by atoms with van der Waals surface area (Å²) in [6.07, 6.45) is 3.31.